The Bertz CT molecular complexity index is 797. The third kappa shape index (κ3) is 5.60. The van der Waals surface area contributed by atoms with E-state index in [0.717, 1.165) is 6.07 Å². The smallest absolute Gasteiger partial charge is 0.251 e. The lowest BCUT2D eigenvalue weighted by atomic mass is 10.1. The van der Waals surface area contributed by atoms with E-state index in [1.807, 2.05) is 20.8 Å². The van der Waals surface area contributed by atoms with Gasteiger partial charge in [-0.15, -0.1) is 0 Å². The van der Waals surface area contributed by atoms with E-state index in [1.165, 1.54) is 12.1 Å². The van der Waals surface area contributed by atoms with Crippen LogP contribution in [0.2, 0.25) is 0 Å². The molecule has 2 aromatic carbocycles. The normalized spacial score (nSPS) is 11.0. The number of carbonyl (C=O) groups excluding carboxylic acids is 2. The number of aromatic hydroxyl groups is 1. The van der Waals surface area contributed by atoms with Crippen LogP contribution in [-0.2, 0) is 11.2 Å². The Morgan fingerprint density at radius 2 is 1.84 bits per heavy atom. The summed E-state index contributed by atoms with van der Waals surface area (Å²) in [5, 5.41) is 15.2. The summed E-state index contributed by atoms with van der Waals surface area (Å²) in [4.78, 5) is 24.3. The first-order chi connectivity index (χ1) is 11.6. The molecule has 2 aromatic rings. The quantitative estimate of drug-likeness (QED) is 0.797. The molecule has 0 saturated carbocycles. The van der Waals surface area contributed by atoms with Crippen LogP contribution in [0, 0.1) is 5.82 Å². The van der Waals surface area contributed by atoms with E-state index < -0.39 is 5.82 Å². The van der Waals surface area contributed by atoms with Gasteiger partial charge in [-0.3, -0.25) is 9.59 Å². The van der Waals surface area contributed by atoms with Crippen molar-refractivity contribution in [3.05, 3.63) is 59.4 Å². The number of halogens is 1. The number of rotatable bonds is 4. The highest BCUT2D eigenvalue weighted by Crippen LogP contribution is 2.19. The second-order valence-electron chi connectivity index (χ2n) is 6.78. The van der Waals surface area contributed by atoms with Gasteiger partial charge in [-0.25, -0.2) is 4.39 Å². The zero-order valence-electron chi connectivity index (χ0n) is 14.4. The number of hydrogen-bond donors (Lipinski definition) is 3. The minimum atomic E-state index is -0.570. The summed E-state index contributed by atoms with van der Waals surface area (Å²) in [5.41, 5.74) is 0.849. The maximum absolute atomic E-state index is 13.0. The van der Waals surface area contributed by atoms with Crippen molar-refractivity contribution in [2.24, 2.45) is 0 Å². The van der Waals surface area contributed by atoms with Crippen LogP contribution in [0.15, 0.2) is 42.5 Å². The Balaban J connectivity index is 2.06. The highest BCUT2D eigenvalue weighted by Gasteiger charge is 2.16. The van der Waals surface area contributed by atoms with Gasteiger partial charge < -0.3 is 15.7 Å². The molecule has 5 nitrogen and oxygen atoms in total. The fourth-order valence-electron chi connectivity index (χ4n) is 2.22. The molecular formula is C19H21FN2O3. The first-order valence-corrected chi connectivity index (χ1v) is 7.84. The van der Waals surface area contributed by atoms with Crippen LogP contribution >= 0.6 is 0 Å². The topological polar surface area (TPSA) is 78.4 Å². The summed E-state index contributed by atoms with van der Waals surface area (Å²) in [6.07, 6.45) is -0.107. The first-order valence-electron chi connectivity index (χ1n) is 7.84. The molecule has 0 aliphatic carbocycles. The van der Waals surface area contributed by atoms with Crippen molar-refractivity contribution in [1.29, 1.82) is 0 Å². The average Bonchev–Trinajstić information content (AvgIpc) is 2.48. The monoisotopic (exact) mass is 344 g/mol. The minimum absolute atomic E-state index is 0.107. The van der Waals surface area contributed by atoms with Gasteiger partial charge in [-0.05, 0) is 45.0 Å². The third-order valence-electron chi connectivity index (χ3n) is 3.30. The van der Waals surface area contributed by atoms with E-state index in [0.29, 0.717) is 16.8 Å². The van der Waals surface area contributed by atoms with Gasteiger partial charge in [-0.1, -0.05) is 12.1 Å². The van der Waals surface area contributed by atoms with E-state index in [9.17, 15) is 19.1 Å². The second-order valence-corrected chi connectivity index (χ2v) is 6.78. The molecule has 0 aromatic heterocycles. The summed E-state index contributed by atoms with van der Waals surface area (Å²) in [6.45, 7) is 5.64. The predicted octanol–water partition coefficient (Wildman–Crippen LogP) is 3.24. The molecule has 0 heterocycles. The molecule has 0 spiro atoms. The van der Waals surface area contributed by atoms with Gasteiger partial charge >= 0.3 is 0 Å². The van der Waals surface area contributed by atoms with Gasteiger partial charge in [0.15, 0.2) is 0 Å². The molecule has 2 rings (SSSR count). The molecule has 0 bridgehead atoms. The van der Waals surface area contributed by atoms with Crippen molar-refractivity contribution >= 4 is 17.5 Å². The zero-order valence-corrected chi connectivity index (χ0v) is 14.4. The van der Waals surface area contributed by atoms with Crippen LogP contribution in [0.5, 0.6) is 5.75 Å². The Hall–Kier alpha value is -2.89. The molecular weight excluding hydrogens is 323 g/mol. The number of benzene rings is 2. The van der Waals surface area contributed by atoms with Crippen molar-refractivity contribution in [2.75, 3.05) is 5.32 Å². The maximum atomic E-state index is 13.0. The second kappa shape index (κ2) is 7.34. The third-order valence-corrected chi connectivity index (χ3v) is 3.30. The van der Waals surface area contributed by atoms with E-state index in [4.69, 9.17) is 0 Å². The predicted molar refractivity (Wildman–Crippen MR) is 94.1 cm³/mol. The Morgan fingerprint density at radius 3 is 2.48 bits per heavy atom. The number of amides is 2. The SMILES string of the molecule is CC(C)(C)NC(=O)c1cccc(NC(=O)Cc2ccc(F)cc2O)c1. The molecule has 25 heavy (non-hydrogen) atoms. The Labute approximate surface area is 145 Å². The Morgan fingerprint density at radius 1 is 1.12 bits per heavy atom. The fourth-order valence-corrected chi connectivity index (χ4v) is 2.22. The summed E-state index contributed by atoms with van der Waals surface area (Å²) in [7, 11) is 0. The largest absolute Gasteiger partial charge is 0.508 e. The lowest BCUT2D eigenvalue weighted by Crippen LogP contribution is -2.40. The number of phenolic OH excluding ortho intramolecular Hbond substituents is 1. The van der Waals surface area contributed by atoms with Crippen molar-refractivity contribution in [3.63, 3.8) is 0 Å². The molecule has 6 heteroatoms. The van der Waals surface area contributed by atoms with E-state index >= 15 is 0 Å². The van der Waals surface area contributed by atoms with Gasteiger partial charge in [-0.2, -0.15) is 0 Å². The summed E-state index contributed by atoms with van der Waals surface area (Å²) >= 11 is 0. The van der Waals surface area contributed by atoms with Crippen molar-refractivity contribution < 1.29 is 19.1 Å². The van der Waals surface area contributed by atoms with Crippen LogP contribution < -0.4 is 10.6 Å². The van der Waals surface area contributed by atoms with E-state index in [1.54, 1.807) is 24.3 Å². The lowest BCUT2D eigenvalue weighted by molar-refractivity contribution is -0.115. The number of anilines is 1. The van der Waals surface area contributed by atoms with Crippen molar-refractivity contribution in [1.82, 2.24) is 5.32 Å². The van der Waals surface area contributed by atoms with Gasteiger partial charge in [0.1, 0.15) is 11.6 Å². The van der Waals surface area contributed by atoms with Gasteiger partial charge in [0.25, 0.3) is 5.91 Å². The van der Waals surface area contributed by atoms with Crippen LogP contribution in [-0.4, -0.2) is 22.5 Å². The first kappa shape index (κ1) is 18.4. The Kier molecular flexibility index (Phi) is 5.41. The van der Waals surface area contributed by atoms with Crippen LogP contribution in [0.1, 0.15) is 36.7 Å². The zero-order chi connectivity index (χ0) is 18.6. The molecule has 0 saturated heterocycles. The molecule has 2 amide bonds. The molecule has 0 aliphatic rings. The molecule has 0 atom stereocenters. The standard InChI is InChI=1S/C19H21FN2O3/c1-19(2,3)22-18(25)13-5-4-6-15(9-13)21-17(24)10-12-7-8-14(20)11-16(12)23/h4-9,11,23H,10H2,1-3H3,(H,21,24)(H,22,25). The van der Waals surface area contributed by atoms with E-state index in [2.05, 4.69) is 10.6 Å². The highest BCUT2D eigenvalue weighted by atomic mass is 19.1. The van der Waals surface area contributed by atoms with Crippen LogP contribution in [0.25, 0.3) is 0 Å². The number of hydrogen-bond acceptors (Lipinski definition) is 3. The summed E-state index contributed by atoms with van der Waals surface area (Å²) < 4.78 is 13.0. The van der Waals surface area contributed by atoms with Crippen molar-refractivity contribution in [2.45, 2.75) is 32.7 Å². The minimum Gasteiger partial charge on any atom is -0.508 e. The highest BCUT2D eigenvalue weighted by molar-refractivity contribution is 5.98. The van der Waals surface area contributed by atoms with E-state index in [-0.39, 0.29) is 29.5 Å². The lowest BCUT2D eigenvalue weighted by Gasteiger charge is -2.20. The van der Waals surface area contributed by atoms with Gasteiger partial charge in [0.2, 0.25) is 5.91 Å². The molecule has 3 N–H and O–H groups in total. The molecule has 132 valence electrons. The molecule has 0 radical (unpaired) electrons. The van der Waals surface area contributed by atoms with Crippen LogP contribution in [0.3, 0.4) is 0 Å². The average molecular weight is 344 g/mol. The fraction of sp³-hybridized carbons (Fsp3) is 0.263. The number of carbonyl (C=O) groups is 2. The van der Waals surface area contributed by atoms with Crippen LogP contribution in [0.4, 0.5) is 10.1 Å². The van der Waals surface area contributed by atoms with Crippen molar-refractivity contribution in [3.8, 4) is 5.75 Å². The number of phenols is 1. The molecule has 0 fully saturated rings. The molecule has 0 aliphatic heterocycles. The number of nitrogens with one attached hydrogen (secondary N) is 2. The van der Waals surface area contributed by atoms with Gasteiger partial charge in [0.05, 0.1) is 6.42 Å². The maximum Gasteiger partial charge on any atom is 0.251 e. The summed E-state index contributed by atoms with van der Waals surface area (Å²) in [6, 6.07) is 10.1. The molecule has 0 unspecified atom stereocenters. The van der Waals surface area contributed by atoms with Gasteiger partial charge in [0, 0.05) is 28.4 Å². The summed E-state index contributed by atoms with van der Waals surface area (Å²) in [5.74, 6) is -1.46.